The first kappa shape index (κ1) is 20.8. The smallest absolute Gasteiger partial charge is 0.261 e. The Morgan fingerprint density at radius 1 is 1.15 bits per heavy atom. The summed E-state index contributed by atoms with van der Waals surface area (Å²) >= 11 is 5.14. The van der Waals surface area contributed by atoms with Crippen LogP contribution in [0.1, 0.15) is 24.2 Å². The molecule has 0 fully saturated rings. The summed E-state index contributed by atoms with van der Waals surface area (Å²) in [4.78, 5) is 12.5. The van der Waals surface area contributed by atoms with E-state index in [1.807, 2.05) is 13.8 Å². The molecule has 4 N–H and O–H groups in total. The third-order valence-electron chi connectivity index (χ3n) is 3.37. The number of hydrogen-bond acceptors (Lipinski definition) is 5. The quantitative estimate of drug-likeness (QED) is 0.635. The monoisotopic (exact) mass is 407 g/mol. The highest BCUT2D eigenvalue weighted by Gasteiger charge is 2.14. The fourth-order valence-electron chi connectivity index (χ4n) is 2.10. The number of amides is 1. The van der Waals surface area contributed by atoms with Crippen molar-refractivity contribution in [2.75, 3.05) is 11.9 Å². The highest BCUT2D eigenvalue weighted by Crippen LogP contribution is 2.19. The van der Waals surface area contributed by atoms with Crippen molar-refractivity contribution in [2.45, 2.75) is 18.7 Å². The first-order chi connectivity index (χ1) is 12.7. The molecular weight excluding hydrogens is 386 g/mol. The summed E-state index contributed by atoms with van der Waals surface area (Å²) in [5, 5.41) is 10.5. The average molecular weight is 408 g/mol. The Morgan fingerprint density at radius 3 is 2.37 bits per heavy atom. The second-order valence-corrected chi connectivity index (χ2v) is 8.15. The molecule has 144 valence electrons. The van der Waals surface area contributed by atoms with Crippen LogP contribution in [0.5, 0.6) is 5.75 Å². The molecule has 0 aliphatic rings. The molecule has 0 saturated heterocycles. The Hall–Kier alpha value is -2.49. The highest BCUT2D eigenvalue weighted by atomic mass is 32.2. The lowest BCUT2D eigenvalue weighted by atomic mass is 10.2. The van der Waals surface area contributed by atoms with Gasteiger partial charge >= 0.3 is 0 Å². The number of anilines is 1. The minimum atomic E-state index is -3.76. The average Bonchev–Trinajstić information content (AvgIpc) is 2.59. The zero-order chi connectivity index (χ0) is 20.0. The van der Waals surface area contributed by atoms with Gasteiger partial charge in [-0.15, -0.1) is 0 Å². The summed E-state index contributed by atoms with van der Waals surface area (Å²) in [6.45, 7) is 4.52. The van der Waals surface area contributed by atoms with Crippen molar-refractivity contribution in [3.8, 4) is 5.75 Å². The van der Waals surface area contributed by atoms with E-state index in [0.29, 0.717) is 29.5 Å². The Morgan fingerprint density at radius 2 is 1.78 bits per heavy atom. The van der Waals surface area contributed by atoms with Gasteiger partial charge in [0.1, 0.15) is 5.75 Å². The number of para-hydroxylation sites is 1. The number of nitrogens with two attached hydrogens (primary N) is 1. The van der Waals surface area contributed by atoms with Crippen molar-refractivity contribution in [3.63, 3.8) is 0 Å². The van der Waals surface area contributed by atoms with Crippen LogP contribution in [0, 0.1) is 5.92 Å². The third-order valence-corrected chi connectivity index (χ3v) is 4.50. The summed E-state index contributed by atoms with van der Waals surface area (Å²) in [6.07, 6.45) is 0. The summed E-state index contributed by atoms with van der Waals surface area (Å²) < 4.78 is 28.2. The Kier molecular flexibility index (Phi) is 6.89. The van der Waals surface area contributed by atoms with E-state index in [4.69, 9.17) is 22.1 Å². The lowest BCUT2D eigenvalue weighted by Crippen LogP contribution is -2.34. The van der Waals surface area contributed by atoms with Crippen molar-refractivity contribution in [1.29, 1.82) is 0 Å². The van der Waals surface area contributed by atoms with E-state index in [9.17, 15) is 13.2 Å². The van der Waals surface area contributed by atoms with Gasteiger partial charge in [0.2, 0.25) is 10.0 Å². The molecule has 0 heterocycles. The number of benzene rings is 2. The number of sulfonamides is 1. The zero-order valence-corrected chi connectivity index (χ0v) is 16.6. The van der Waals surface area contributed by atoms with Gasteiger partial charge in [0.25, 0.3) is 5.91 Å². The molecule has 0 radical (unpaired) electrons. The van der Waals surface area contributed by atoms with Crippen LogP contribution in [-0.2, 0) is 10.0 Å². The van der Waals surface area contributed by atoms with E-state index in [1.54, 1.807) is 24.3 Å². The molecule has 0 spiro atoms. The second kappa shape index (κ2) is 8.94. The Balaban J connectivity index is 2.03. The van der Waals surface area contributed by atoms with Crippen molar-refractivity contribution >= 4 is 38.9 Å². The van der Waals surface area contributed by atoms with E-state index in [0.717, 1.165) is 0 Å². The number of carbonyl (C=O) groups excluding carboxylic acids is 1. The number of carbonyl (C=O) groups is 1. The fraction of sp³-hybridized carbons (Fsp3) is 0.222. The van der Waals surface area contributed by atoms with E-state index in [-0.39, 0.29) is 10.0 Å². The predicted molar refractivity (Wildman–Crippen MR) is 108 cm³/mol. The minimum absolute atomic E-state index is 0.0146. The lowest BCUT2D eigenvalue weighted by Gasteiger charge is -2.14. The van der Waals surface area contributed by atoms with E-state index < -0.39 is 15.9 Å². The first-order valence-electron chi connectivity index (χ1n) is 8.14. The number of nitrogens with one attached hydrogen (secondary N) is 2. The molecule has 0 aromatic heterocycles. The van der Waals surface area contributed by atoms with Gasteiger partial charge in [-0.1, -0.05) is 26.0 Å². The molecule has 0 unspecified atom stereocenters. The zero-order valence-electron chi connectivity index (χ0n) is 14.9. The number of ether oxygens (including phenoxy) is 1. The van der Waals surface area contributed by atoms with Gasteiger partial charge in [0.05, 0.1) is 17.1 Å². The third kappa shape index (κ3) is 6.31. The highest BCUT2D eigenvalue weighted by molar-refractivity contribution is 7.89. The van der Waals surface area contributed by atoms with Crippen LogP contribution >= 0.6 is 12.2 Å². The fourth-order valence-corrected chi connectivity index (χ4v) is 2.82. The van der Waals surface area contributed by atoms with Gasteiger partial charge < -0.3 is 10.1 Å². The standard InChI is InChI=1S/C18H21N3O4S2/c1-12(2)11-25-16-6-4-3-5-15(16)17(22)21-18(26)20-13-7-9-14(10-8-13)27(19,23)24/h3-10,12H,11H2,1-2H3,(H2,19,23,24)(H2,20,21,22,26). The van der Waals surface area contributed by atoms with Crippen molar-refractivity contribution < 1.29 is 17.9 Å². The number of thiocarbonyl (C=S) groups is 1. The van der Waals surface area contributed by atoms with E-state index in [2.05, 4.69) is 10.6 Å². The maximum absolute atomic E-state index is 12.5. The van der Waals surface area contributed by atoms with Gasteiger partial charge in [0, 0.05) is 5.69 Å². The molecule has 2 aromatic carbocycles. The molecule has 9 heteroatoms. The maximum atomic E-state index is 12.5. The van der Waals surface area contributed by atoms with Crippen LogP contribution in [-0.4, -0.2) is 26.0 Å². The molecule has 0 aliphatic heterocycles. The normalized spacial score (nSPS) is 11.1. The van der Waals surface area contributed by atoms with Crippen LogP contribution in [0.25, 0.3) is 0 Å². The molecule has 2 rings (SSSR count). The molecule has 7 nitrogen and oxygen atoms in total. The predicted octanol–water partition coefficient (Wildman–Crippen LogP) is 2.50. The van der Waals surface area contributed by atoms with Gasteiger partial charge in [-0.3, -0.25) is 10.1 Å². The minimum Gasteiger partial charge on any atom is -0.492 e. The lowest BCUT2D eigenvalue weighted by molar-refractivity contribution is 0.0973. The van der Waals surface area contributed by atoms with Crippen molar-refractivity contribution in [2.24, 2.45) is 11.1 Å². The SMILES string of the molecule is CC(C)COc1ccccc1C(=O)NC(=S)Nc1ccc(S(N)(=O)=O)cc1. The van der Waals surface area contributed by atoms with Crippen LogP contribution < -0.4 is 20.5 Å². The van der Waals surface area contributed by atoms with Gasteiger partial charge in [0.15, 0.2) is 5.11 Å². The van der Waals surface area contributed by atoms with Crippen LogP contribution in [0.3, 0.4) is 0 Å². The first-order valence-corrected chi connectivity index (χ1v) is 10.1. The summed E-state index contributed by atoms with van der Waals surface area (Å²) in [7, 11) is -3.76. The van der Waals surface area contributed by atoms with Gasteiger partial charge in [-0.25, -0.2) is 13.6 Å². The number of hydrogen-bond donors (Lipinski definition) is 3. The van der Waals surface area contributed by atoms with E-state index in [1.165, 1.54) is 24.3 Å². The summed E-state index contributed by atoms with van der Waals surface area (Å²) in [6, 6.07) is 12.6. The Bertz CT molecular complexity index is 926. The summed E-state index contributed by atoms with van der Waals surface area (Å²) in [5.41, 5.74) is 0.879. The van der Waals surface area contributed by atoms with Crippen molar-refractivity contribution in [1.82, 2.24) is 5.32 Å². The molecule has 0 saturated carbocycles. The molecule has 0 bridgehead atoms. The largest absolute Gasteiger partial charge is 0.492 e. The summed E-state index contributed by atoms with van der Waals surface area (Å²) in [5.74, 6) is 0.390. The number of rotatable bonds is 6. The Labute approximate surface area is 164 Å². The van der Waals surface area contributed by atoms with Crippen LogP contribution in [0.2, 0.25) is 0 Å². The molecule has 0 aliphatic carbocycles. The van der Waals surface area contributed by atoms with Crippen molar-refractivity contribution in [3.05, 3.63) is 54.1 Å². The van der Waals surface area contributed by atoms with E-state index >= 15 is 0 Å². The maximum Gasteiger partial charge on any atom is 0.261 e. The van der Waals surface area contributed by atoms with Crippen LogP contribution in [0.15, 0.2) is 53.4 Å². The van der Waals surface area contributed by atoms with Gasteiger partial charge in [-0.05, 0) is 54.5 Å². The molecule has 1 amide bonds. The number of primary sulfonamides is 1. The molecular formula is C18H21N3O4S2. The topological polar surface area (TPSA) is 111 Å². The molecule has 2 aromatic rings. The molecule has 0 atom stereocenters. The second-order valence-electron chi connectivity index (χ2n) is 6.18. The van der Waals surface area contributed by atoms with Gasteiger partial charge in [-0.2, -0.15) is 0 Å². The van der Waals surface area contributed by atoms with Crippen LogP contribution in [0.4, 0.5) is 5.69 Å². The molecule has 27 heavy (non-hydrogen) atoms.